The van der Waals surface area contributed by atoms with Crippen LogP contribution < -0.4 is 11.1 Å². The van der Waals surface area contributed by atoms with Gasteiger partial charge in [0.15, 0.2) is 0 Å². The van der Waals surface area contributed by atoms with Crippen molar-refractivity contribution in [3.8, 4) is 0 Å². The van der Waals surface area contributed by atoms with E-state index in [1.165, 1.54) is 25.7 Å². The molecule has 0 aromatic rings. The summed E-state index contributed by atoms with van der Waals surface area (Å²) in [4.78, 5) is 12.5. The number of unbranched alkanes of at least 4 members (excludes halogenated alkanes) is 2. The molecule has 0 heterocycles. The van der Waals surface area contributed by atoms with Crippen LogP contribution >= 0.6 is 0 Å². The summed E-state index contributed by atoms with van der Waals surface area (Å²) >= 11 is 0. The Kier molecular flexibility index (Phi) is 7.19. The van der Waals surface area contributed by atoms with E-state index < -0.39 is 0 Å². The zero-order valence-electron chi connectivity index (χ0n) is 14.7. The fourth-order valence-corrected chi connectivity index (χ4v) is 3.45. The van der Waals surface area contributed by atoms with E-state index in [-0.39, 0.29) is 23.3 Å². The van der Waals surface area contributed by atoms with Crippen molar-refractivity contribution in [2.45, 2.75) is 79.2 Å². The highest BCUT2D eigenvalue weighted by molar-refractivity contribution is 5.79. The van der Waals surface area contributed by atoms with Crippen LogP contribution in [0.2, 0.25) is 0 Å². The first kappa shape index (κ1) is 18.5. The van der Waals surface area contributed by atoms with Crippen LogP contribution in [0.4, 0.5) is 0 Å². The Morgan fingerprint density at radius 1 is 1.19 bits per heavy atom. The molecule has 1 aliphatic carbocycles. The second-order valence-electron chi connectivity index (χ2n) is 8.04. The minimum Gasteiger partial charge on any atom is -0.355 e. The van der Waals surface area contributed by atoms with Crippen LogP contribution in [0.15, 0.2) is 0 Å². The second-order valence-corrected chi connectivity index (χ2v) is 8.04. The van der Waals surface area contributed by atoms with E-state index in [0.717, 1.165) is 19.4 Å². The van der Waals surface area contributed by atoms with Gasteiger partial charge < -0.3 is 11.1 Å². The SMILES string of the molecule is CCCCCC(C)(C)CNC(=O)C1CC(N)C(C)CC1C. The maximum atomic E-state index is 12.5. The Balaban J connectivity index is 2.42. The molecule has 1 rings (SSSR count). The Hall–Kier alpha value is -0.570. The largest absolute Gasteiger partial charge is 0.355 e. The van der Waals surface area contributed by atoms with Crippen LogP contribution in [0.5, 0.6) is 0 Å². The van der Waals surface area contributed by atoms with E-state index in [9.17, 15) is 4.79 Å². The van der Waals surface area contributed by atoms with Gasteiger partial charge in [0.2, 0.25) is 5.91 Å². The summed E-state index contributed by atoms with van der Waals surface area (Å²) in [7, 11) is 0. The minimum absolute atomic E-state index is 0.0997. The summed E-state index contributed by atoms with van der Waals surface area (Å²) in [6.45, 7) is 11.9. The third-order valence-corrected chi connectivity index (χ3v) is 5.22. The van der Waals surface area contributed by atoms with E-state index in [0.29, 0.717) is 11.8 Å². The van der Waals surface area contributed by atoms with Crippen LogP contribution in [-0.2, 0) is 4.79 Å². The quantitative estimate of drug-likeness (QED) is 0.704. The zero-order chi connectivity index (χ0) is 16.0. The maximum Gasteiger partial charge on any atom is 0.223 e. The third kappa shape index (κ3) is 5.98. The highest BCUT2D eigenvalue weighted by atomic mass is 16.1. The maximum absolute atomic E-state index is 12.5. The number of nitrogens with two attached hydrogens (primary N) is 1. The van der Waals surface area contributed by atoms with Crippen molar-refractivity contribution in [1.82, 2.24) is 5.32 Å². The van der Waals surface area contributed by atoms with Crippen molar-refractivity contribution < 1.29 is 4.79 Å². The summed E-state index contributed by atoms with van der Waals surface area (Å²) in [6.07, 6.45) is 6.87. The molecule has 3 N–H and O–H groups in total. The normalized spacial score (nSPS) is 30.2. The van der Waals surface area contributed by atoms with E-state index >= 15 is 0 Å². The molecule has 0 aromatic heterocycles. The van der Waals surface area contributed by atoms with Crippen LogP contribution in [0.3, 0.4) is 0 Å². The summed E-state index contributed by atoms with van der Waals surface area (Å²) < 4.78 is 0. The highest BCUT2D eigenvalue weighted by Gasteiger charge is 2.35. The summed E-state index contributed by atoms with van der Waals surface area (Å²) in [6, 6.07) is 0.175. The molecule has 4 atom stereocenters. The van der Waals surface area contributed by atoms with Crippen LogP contribution in [0.25, 0.3) is 0 Å². The average Bonchev–Trinajstić information content (AvgIpc) is 2.40. The zero-order valence-corrected chi connectivity index (χ0v) is 14.7. The fraction of sp³-hybridized carbons (Fsp3) is 0.944. The van der Waals surface area contributed by atoms with Crippen molar-refractivity contribution >= 4 is 5.91 Å². The number of hydrogen-bond donors (Lipinski definition) is 2. The molecule has 1 aliphatic rings. The number of carbonyl (C=O) groups is 1. The average molecular weight is 296 g/mol. The van der Waals surface area contributed by atoms with Gasteiger partial charge >= 0.3 is 0 Å². The first-order valence-electron chi connectivity index (χ1n) is 8.80. The first-order valence-corrected chi connectivity index (χ1v) is 8.80. The molecular weight excluding hydrogens is 260 g/mol. The lowest BCUT2D eigenvalue weighted by molar-refractivity contribution is -0.128. The predicted octanol–water partition coefficient (Wildman–Crippen LogP) is 3.72. The van der Waals surface area contributed by atoms with Gasteiger partial charge in [-0.1, -0.05) is 53.9 Å². The topological polar surface area (TPSA) is 55.1 Å². The van der Waals surface area contributed by atoms with E-state index in [4.69, 9.17) is 5.73 Å². The molecule has 0 aliphatic heterocycles. The van der Waals surface area contributed by atoms with E-state index in [2.05, 4.69) is 39.9 Å². The number of carbonyl (C=O) groups excluding carboxylic acids is 1. The standard InChI is InChI=1S/C18H36N2O/c1-6-7-8-9-18(4,5)12-20-17(21)15-11-16(19)14(3)10-13(15)2/h13-16H,6-12,19H2,1-5H3,(H,20,21). The number of amides is 1. The van der Waals surface area contributed by atoms with Gasteiger partial charge in [-0.15, -0.1) is 0 Å². The molecule has 0 saturated heterocycles. The number of nitrogens with one attached hydrogen (secondary N) is 1. The van der Waals surface area contributed by atoms with Crippen molar-refractivity contribution in [2.75, 3.05) is 6.54 Å². The van der Waals surface area contributed by atoms with E-state index in [1.54, 1.807) is 0 Å². The molecule has 0 aromatic carbocycles. The lowest BCUT2D eigenvalue weighted by Gasteiger charge is -2.36. The number of rotatable bonds is 7. The summed E-state index contributed by atoms with van der Waals surface area (Å²) in [5.74, 6) is 1.30. The first-order chi connectivity index (χ1) is 9.76. The molecule has 1 saturated carbocycles. The van der Waals surface area contributed by atoms with Crippen molar-refractivity contribution in [3.63, 3.8) is 0 Å². The van der Waals surface area contributed by atoms with Gasteiger partial charge in [-0.25, -0.2) is 0 Å². The second kappa shape index (κ2) is 8.17. The van der Waals surface area contributed by atoms with Gasteiger partial charge in [0.05, 0.1) is 0 Å². The summed E-state index contributed by atoms with van der Waals surface area (Å²) in [5.41, 5.74) is 6.34. The molecule has 1 amide bonds. The van der Waals surface area contributed by atoms with Gasteiger partial charge in [0, 0.05) is 18.5 Å². The van der Waals surface area contributed by atoms with Gasteiger partial charge in [0.1, 0.15) is 0 Å². The van der Waals surface area contributed by atoms with Gasteiger partial charge in [0.25, 0.3) is 0 Å². The lowest BCUT2D eigenvalue weighted by Crippen LogP contribution is -2.46. The fourth-order valence-electron chi connectivity index (χ4n) is 3.45. The smallest absolute Gasteiger partial charge is 0.223 e. The lowest BCUT2D eigenvalue weighted by atomic mass is 9.72. The molecule has 124 valence electrons. The molecule has 21 heavy (non-hydrogen) atoms. The Morgan fingerprint density at radius 2 is 1.86 bits per heavy atom. The van der Waals surface area contributed by atoms with Crippen LogP contribution in [0, 0.1) is 23.2 Å². The Bertz CT molecular complexity index is 327. The van der Waals surface area contributed by atoms with Crippen molar-refractivity contribution in [3.05, 3.63) is 0 Å². The molecule has 1 fully saturated rings. The monoisotopic (exact) mass is 296 g/mol. The van der Waals surface area contributed by atoms with Crippen molar-refractivity contribution in [1.29, 1.82) is 0 Å². The molecular formula is C18H36N2O. The van der Waals surface area contributed by atoms with Gasteiger partial charge in [-0.05, 0) is 36.5 Å². The highest BCUT2D eigenvalue weighted by Crippen LogP contribution is 2.33. The summed E-state index contributed by atoms with van der Waals surface area (Å²) in [5, 5.41) is 3.19. The molecule has 0 spiro atoms. The molecule has 4 unspecified atom stereocenters. The Morgan fingerprint density at radius 3 is 2.48 bits per heavy atom. The molecule has 0 radical (unpaired) electrons. The Labute approximate surface area is 131 Å². The molecule has 0 bridgehead atoms. The molecule has 3 heteroatoms. The predicted molar refractivity (Wildman–Crippen MR) is 90.0 cm³/mol. The van der Waals surface area contributed by atoms with Crippen molar-refractivity contribution in [2.24, 2.45) is 28.9 Å². The van der Waals surface area contributed by atoms with Crippen LogP contribution in [-0.4, -0.2) is 18.5 Å². The molecule has 3 nitrogen and oxygen atoms in total. The van der Waals surface area contributed by atoms with E-state index in [1.807, 2.05) is 0 Å². The van der Waals surface area contributed by atoms with Gasteiger partial charge in [-0.2, -0.15) is 0 Å². The third-order valence-electron chi connectivity index (χ3n) is 5.22. The van der Waals surface area contributed by atoms with Crippen LogP contribution in [0.1, 0.15) is 73.1 Å². The number of hydrogen-bond acceptors (Lipinski definition) is 2. The van der Waals surface area contributed by atoms with Gasteiger partial charge in [-0.3, -0.25) is 4.79 Å². The minimum atomic E-state index is 0.0997.